The van der Waals surface area contributed by atoms with Crippen LogP contribution in [0.4, 0.5) is 0 Å². The van der Waals surface area contributed by atoms with Gasteiger partial charge in [0.15, 0.2) is 0 Å². The molecule has 0 spiro atoms. The van der Waals surface area contributed by atoms with E-state index >= 15 is 0 Å². The fraction of sp³-hybridized carbons (Fsp3) is 0.933. The molecule has 19 heavy (non-hydrogen) atoms. The first-order chi connectivity index (χ1) is 9.17. The topological polar surface area (TPSA) is 44.4 Å². The van der Waals surface area contributed by atoms with Gasteiger partial charge >= 0.3 is 0 Å². The third kappa shape index (κ3) is 4.77. The molecule has 2 rings (SSSR count). The highest BCUT2D eigenvalue weighted by atomic mass is 16.1. The van der Waals surface area contributed by atoms with Crippen molar-refractivity contribution in [3.05, 3.63) is 0 Å². The van der Waals surface area contributed by atoms with E-state index in [1.54, 1.807) is 7.05 Å². The van der Waals surface area contributed by atoms with E-state index in [9.17, 15) is 4.79 Å². The zero-order valence-electron chi connectivity index (χ0n) is 12.5. The van der Waals surface area contributed by atoms with E-state index in [-0.39, 0.29) is 5.91 Å². The number of carbonyl (C=O) groups is 1. The van der Waals surface area contributed by atoms with Crippen molar-refractivity contribution < 1.29 is 4.79 Å². The number of likely N-dealkylation sites (N-methyl/N-ethyl adjacent to an activating group) is 1. The molecule has 1 heterocycles. The monoisotopic (exact) mass is 267 g/mol. The normalized spacial score (nSPS) is 30.2. The van der Waals surface area contributed by atoms with Crippen LogP contribution in [0.3, 0.4) is 0 Å². The Balaban J connectivity index is 1.64. The zero-order chi connectivity index (χ0) is 13.7. The summed E-state index contributed by atoms with van der Waals surface area (Å²) in [5, 5.41) is 6.54. The molecular formula is C15H29N3O. The first kappa shape index (κ1) is 14.8. The molecule has 0 aromatic carbocycles. The van der Waals surface area contributed by atoms with Gasteiger partial charge in [-0.3, -0.25) is 9.69 Å². The number of rotatable bonds is 4. The molecule has 1 aliphatic carbocycles. The second-order valence-electron chi connectivity index (χ2n) is 6.35. The number of nitrogens with zero attached hydrogens (tertiary/aromatic N) is 1. The van der Waals surface area contributed by atoms with Gasteiger partial charge in [-0.05, 0) is 44.4 Å². The van der Waals surface area contributed by atoms with Crippen molar-refractivity contribution in [3.8, 4) is 0 Å². The van der Waals surface area contributed by atoms with Crippen LogP contribution in [0, 0.1) is 5.92 Å². The highest BCUT2D eigenvalue weighted by molar-refractivity contribution is 5.77. The molecule has 0 aromatic rings. The lowest BCUT2D eigenvalue weighted by molar-refractivity contribution is -0.122. The first-order valence-electron chi connectivity index (χ1n) is 7.86. The van der Waals surface area contributed by atoms with Crippen LogP contribution in [0.15, 0.2) is 0 Å². The quantitative estimate of drug-likeness (QED) is 0.808. The van der Waals surface area contributed by atoms with Crippen molar-refractivity contribution in [1.29, 1.82) is 0 Å². The van der Waals surface area contributed by atoms with Crippen molar-refractivity contribution in [2.24, 2.45) is 5.92 Å². The molecule has 1 aliphatic heterocycles. The molecule has 1 saturated heterocycles. The molecule has 2 fully saturated rings. The molecule has 0 radical (unpaired) electrons. The number of piperidine rings is 1. The number of hydrogen-bond donors (Lipinski definition) is 2. The molecule has 0 aromatic heterocycles. The van der Waals surface area contributed by atoms with Crippen LogP contribution in [-0.2, 0) is 4.79 Å². The SMILES string of the molecule is CNC(=O)CN1CCC(NC2CCC(C)CC2)CC1. The lowest BCUT2D eigenvalue weighted by Crippen LogP contribution is -2.48. The van der Waals surface area contributed by atoms with Crippen LogP contribution in [0.25, 0.3) is 0 Å². The average molecular weight is 267 g/mol. The summed E-state index contributed by atoms with van der Waals surface area (Å²) in [6.07, 6.45) is 7.83. The number of amides is 1. The van der Waals surface area contributed by atoms with Crippen molar-refractivity contribution in [3.63, 3.8) is 0 Å². The summed E-state index contributed by atoms with van der Waals surface area (Å²) >= 11 is 0. The maximum atomic E-state index is 11.3. The van der Waals surface area contributed by atoms with E-state index in [2.05, 4.69) is 22.5 Å². The minimum atomic E-state index is 0.132. The molecule has 1 saturated carbocycles. The van der Waals surface area contributed by atoms with Gasteiger partial charge in [-0.25, -0.2) is 0 Å². The van der Waals surface area contributed by atoms with E-state index in [4.69, 9.17) is 0 Å². The van der Waals surface area contributed by atoms with Crippen molar-refractivity contribution in [2.75, 3.05) is 26.7 Å². The van der Waals surface area contributed by atoms with Gasteiger partial charge in [0.25, 0.3) is 0 Å². The molecule has 2 aliphatic rings. The Morgan fingerprint density at radius 3 is 2.21 bits per heavy atom. The van der Waals surface area contributed by atoms with Crippen LogP contribution in [-0.4, -0.2) is 49.6 Å². The van der Waals surface area contributed by atoms with Gasteiger partial charge < -0.3 is 10.6 Å². The average Bonchev–Trinajstić information content (AvgIpc) is 2.43. The summed E-state index contributed by atoms with van der Waals surface area (Å²) in [5.41, 5.74) is 0. The second kappa shape index (κ2) is 7.25. The minimum Gasteiger partial charge on any atom is -0.358 e. The first-order valence-corrected chi connectivity index (χ1v) is 7.86. The van der Waals surface area contributed by atoms with E-state index in [0.29, 0.717) is 12.6 Å². The number of carbonyl (C=O) groups excluding carboxylic acids is 1. The van der Waals surface area contributed by atoms with E-state index in [1.807, 2.05) is 0 Å². The van der Waals surface area contributed by atoms with Gasteiger partial charge in [0, 0.05) is 32.2 Å². The Morgan fingerprint density at radius 1 is 1.05 bits per heavy atom. The number of nitrogens with one attached hydrogen (secondary N) is 2. The van der Waals surface area contributed by atoms with Crippen LogP contribution >= 0.6 is 0 Å². The molecule has 0 unspecified atom stereocenters. The summed E-state index contributed by atoms with van der Waals surface area (Å²) < 4.78 is 0. The molecule has 0 atom stereocenters. The maximum Gasteiger partial charge on any atom is 0.233 e. The molecule has 1 amide bonds. The van der Waals surface area contributed by atoms with Gasteiger partial charge in [0.1, 0.15) is 0 Å². The number of likely N-dealkylation sites (tertiary alicyclic amines) is 1. The lowest BCUT2D eigenvalue weighted by atomic mass is 9.86. The fourth-order valence-electron chi connectivity index (χ4n) is 3.30. The van der Waals surface area contributed by atoms with E-state index in [1.165, 1.54) is 38.5 Å². The van der Waals surface area contributed by atoms with Crippen LogP contribution < -0.4 is 10.6 Å². The Bertz CT molecular complexity index is 279. The van der Waals surface area contributed by atoms with Crippen molar-refractivity contribution in [1.82, 2.24) is 15.5 Å². The third-order valence-electron chi connectivity index (χ3n) is 4.72. The maximum absolute atomic E-state index is 11.3. The Labute approximate surface area is 117 Å². The Hall–Kier alpha value is -0.610. The predicted molar refractivity (Wildman–Crippen MR) is 78.1 cm³/mol. The fourth-order valence-corrected chi connectivity index (χ4v) is 3.30. The predicted octanol–water partition coefficient (Wildman–Crippen LogP) is 1.37. The largest absolute Gasteiger partial charge is 0.358 e. The molecule has 4 heteroatoms. The zero-order valence-corrected chi connectivity index (χ0v) is 12.5. The Morgan fingerprint density at radius 2 is 1.63 bits per heavy atom. The smallest absolute Gasteiger partial charge is 0.233 e. The van der Waals surface area contributed by atoms with Crippen LogP contribution in [0.5, 0.6) is 0 Å². The molecule has 2 N–H and O–H groups in total. The van der Waals surface area contributed by atoms with Gasteiger partial charge in [0.2, 0.25) is 5.91 Å². The van der Waals surface area contributed by atoms with Crippen LogP contribution in [0.1, 0.15) is 45.4 Å². The van der Waals surface area contributed by atoms with Gasteiger partial charge in [-0.2, -0.15) is 0 Å². The third-order valence-corrected chi connectivity index (χ3v) is 4.72. The number of hydrogen-bond acceptors (Lipinski definition) is 3. The molecule has 0 bridgehead atoms. The Kier molecular flexibility index (Phi) is 5.64. The van der Waals surface area contributed by atoms with Crippen molar-refractivity contribution in [2.45, 2.75) is 57.5 Å². The van der Waals surface area contributed by atoms with Gasteiger partial charge in [0.05, 0.1) is 6.54 Å². The standard InChI is InChI=1S/C15H29N3O/c1-12-3-5-13(6-4-12)17-14-7-9-18(10-8-14)11-15(19)16-2/h12-14,17H,3-11H2,1-2H3,(H,16,19). The van der Waals surface area contributed by atoms with Gasteiger partial charge in [-0.15, -0.1) is 0 Å². The summed E-state index contributed by atoms with van der Waals surface area (Å²) in [4.78, 5) is 13.6. The van der Waals surface area contributed by atoms with E-state index < -0.39 is 0 Å². The molecule has 110 valence electrons. The minimum absolute atomic E-state index is 0.132. The van der Waals surface area contributed by atoms with E-state index in [0.717, 1.165) is 25.0 Å². The van der Waals surface area contributed by atoms with Crippen LogP contribution in [0.2, 0.25) is 0 Å². The second-order valence-corrected chi connectivity index (χ2v) is 6.35. The lowest BCUT2D eigenvalue weighted by Gasteiger charge is -2.36. The van der Waals surface area contributed by atoms with Crippen molar-refractivity contribution >= 4 is 5.91 Å². The summed E-state index contributed by atoms with van der Waals surface area (Å²) in [5.74, 6) is 1.06. The molecular weight excluding hydrogens is 238 g/mol. The molecule has 4 nitrogen and oxygen atoms in total. The highest BCUT2D eigenvalue weighted by Crippen LogP contribution is 2.24. The summed E-state index contributed by atoms with van der Waals surface area (Å²) in [6, 6.07) is 1.41. The van der Waals surface area contributed by atoms with Gasteiger partial charge in [-0.1, -0.05) is 6.92 Å². The summed E-state index contributed by atoms with van der Waals surface area (Å²) in [7, 11) is 1.71. The summed E-state index contributed by atoms with van der Waals surface area (Å²) in [6.45, 7) is 5.03. The highest BCUT2D eigenvalue weighted by Gasteiger charge is 2.24.